The van der Waals surface area contributed by atoms with Crippen LogP contribution in [-0.4, -0.2) is 10.5 Å². The predicted octanol–water partition coefficient (Wildman–Crippen LogP) is 3.77. The molecule has 0 radical (unpaired) electrons. The van der Waals surface area contributed by atoms with Crippen molar-refractivity contribution < 1.29 is 4.21 Å². The zero-order chi connectivity index (χ0) is 14.6. The number of hydrogen-bond acceptors (Lipinski definition) is 2. The third kappa shape index (κ3) is 3.49. The van der Waals surface area contributed by atoms with Crippen molar-refractivity contribution in [2.45, 2.75) is 18.7 Å². The van der Waals surface area contributed by atoms with E-state index < -0.39 is 9.73 Å². The molecule has 3 heteroatoms. The highest BCUT2D eigenvalue weighted by Gasteiger charge is 2.03. The molecule has 2 aromatic rings. The summed E-state index contributed by atoms with van der Waals surface area (Å²) >= 11 is 0. The minimum absolute atomic E-state index is 0.704. The van der Waals surface area contributed by atoms with Crippen molar-refractivity contribution in [1.82, 2.24) is 0 Å². The first-order valence-corrected chi connectivity index (χ1v) is 8.26. The zero-order valence-corrected chi connectivity index (χ0v) is 12.7. The van der Waals surface area contributed by atoms with Gasteiger partial charge in [-0.3, -0.25) is 0 Å². The quantitative estimate of drug-likeness (QED) is 0.733. The van der Waals surface area contributed by atoms with Gasteiger partial charge in [0.15, 0.2) is 0 Å². The summed E-state index contributed by atoms with van der Waals surface area (Å²) in [6.45, 7) is 4.03. The lowest BCUT2D eigenvalue weighted by atomic mass is 10.1. The van der Waals surface area contributed by atoms with E-state index in [1.807, 2.05) is 62.4 Å². The average molecular weight is 283 g/mol. The molecule has 20 heavy (non-hydrogen) atoms. The van der Waals surface area contributed by atoms with Crippen molar-refractivity contribution >= 4 is 9.73 Å². The number of rotatable bonds is 1. The molecular weight excluding hydrogens is 266 g/mol. The van der Waals surface area contributed by atoms with Crippen LogP contribution in [0, 0.1) is 25.8 Å². The molecule has 2 nitrogen and oxygen atoms in total. The second kappa shape index (κ2) is 5.94. The van der Waals surface area contributed by atoms with Crippen molar-refractivity contribution in [3.05, 3.63) is 65.2 Å². The fourth-order valence-corrected chi connectivity index (χ4v) is 2.75. The van der Waals surface area contributed by atoms with E-state index in [1.54, 1.807) is 6.26 Å². The van der Waals surface area contributed by atoms with Gasteiger partial charge >= 0.3 is 0 Å². The van der Waals surface area contributed by atoms with E-state index in [0.29, 0.717) is 4.90 Å². The summed E-state index contributed by atoms with van der Waals surface area (Å²) < 4.78 is 16.5. The van der Waals surface area contributed by atoms with Crippen molar-refractivity contribution in [3.63, 3.8) is 0 Å². The minimum Gasteiger partial charge on any atom is -0.244 e. The molecule has 0 amide bonds. The van der Waals surface area contributed by atoms with E-state index in [1.165, 1.54) is 0 Å². The molecule has 1 unspecified atom stereocenters. The molecule has 0 heterocycles. The van der Waals surface area contributed by atoms with Crippen LogP contribution < -0.4 is 0 Å². The van der Waals surface area contributed by atoms with E-state index in [4.69, 9.17) is 0 Å². The topological polar surface area (TPSA) is 29.4 Å². The first-order chi connectivity index (χ1) is 9.49. The van der Waals surface area contributed by atoms with Crippen LogP contribution in [0.5, 0.6) is 0 Å². The van der Waals surface area contributed by atoms with Gasteiger partial charge in [-0.15, -0.1) is 4.36 Å². The van der Waals surface area contributed by atoms with Crippen LogP contribution in [0.15, 0.2) is 57.8 Å². The summed E-state index contributed by atoms with van der Waals surface area (Å²) in [5.41, 5.74) is 3.18. The summed E-state index contributed by atoms with van der Waals surface area (Å²) in [5, 5.41) is 0. The molecule has 0 aliphatic rings. The molecule has 0 spiro atoms. The Kier molecular flexibility index (Phi) is 4.26. The fourth-order valence-electron chi connectivity index (χ4n) is 1.77. The van der Waals surface area contributed by atoms with Crippen LogP contribution in [-0.2, 0) is 9.73 Å². The fraction of sp³-hybridized carbons (Fsp3) is 0.176. The highest BCUT2D eigenvalue weighted by Crippen LogP contribution is 2.11. The van der Waals surface area contributed by atoms with Gasteiger partial charge in [-0.1, -0.05) is 30.3 Å². The van der Waals surface area contributed by atoms with Crippen molar-refractivity contribution in [3.8, 4) is 12.0 Å². The molecule has 2 aromatic carbocycles. The lowest BCUT2D eigenvalue weighted by Gasteiger charge is -2.00. The molecular formula is C17H17NOS. The largest absolute Gasteiger partial charge is 0.244 e. The highest BCUT2D eigenvalue weighted by molar-refractivity contribution is 7.93. The lowest BCUT2D eigenvalue weighted by molar-refractivity contribution is 0.681. The second-order valence-electron chi connectivity index (χ2n) is 4.76. The Bertz CT molecular complexity index is 789. The highest BCUT2D eigenvalue weighted by atomic mass is 32.2. The number of hydrogen-bond donors (Lipinski definition) is 0. The Morgan fingerprint density at radius 3 is 2.45 bits per heavy atom. The SMILES string of the molecule is Cc1ccc(C)c(C#CN=S(C)(=O)c2ccccc2)c1. The molecule has 0 N–H and O–H groups in total. The van der Waals surface area contributed by atoms with E-state index in [2.05, 4.69) is 16.3 Å². The van der Waals surface area contributed by atoms with Crippen LogP contribution in [0.3, 0.4) is 0 Å². The molecule has 0 saturated heterocycles. The van der Waals surface area contributed by atoms with E-state index in [0.717, 1.165) is 16.7 Å². The standard InChI is InChI=1S/C17H17NOS/c1-14-9-10-15(2)16(13-14)11-12-18-20(3,19)17-7-5-4-6-8-17/h4-10,13H,1-3H3. The Hall–Kier alpha value is -2.05. The van der Waals surface area contributed by atoms with Gasteiger partial charge in [0.1, 0.15) is 0 Å². The maximum Gasteiger partial charge on any atom is 0.0854 e. The van der Waals surface area contributed by atoms with Crippen molar-refractivity contribution in [2.75, 3.05) is 6.26 Å². The minimum atomic E-state index is -2.45. The van der Waals surface area contributed by atoms with Crippen LogP contribution >= 0.6 is 0 Å². The van der Waals surface area contributed by atoms with Crippen LogP contribution in [0.2, 0.25) is 0 Å². The van der Waals surface area contributed by atoms with Crippen molar-refractivity contribution in [1.29, 1.82) is 0 Å². The first-order valence-electron chi connectivity index (χ1n) is 6.33. The molecule has 0 aliphatic heterocycles. The van der Waals surface area contributed by atoms with Gasteiger partial charge < -0.3 is 0 Å². The van der Waals surface area contributed by atoms with E-state index in [-0.39, 0.29) is 0 Å². The van der Waals surface area contributed by atoms with E-state index in [9.17, 15) is 4.21 Å². The number of aryl methyl sites for hydroxylation is 2. The Morgan fingerprint density at radius 2 is 1.75 bits per heavy atom. The van der Waals surface area contributed by atoms with Crippen molar-refractivity contribution in [2.24, 2.45) is 4.36 Å². The Morgan fingerprint density at radius 1 is 1.05 bits per heavy atom. The summed E-state index contributed by atoms with van der Waals surface area (Å²) in [5.74, 6) is 2.98. The van der Waals surface area contributed by atoms with Gasteiger partial charge in [0.25, 0.3) is 0 Å². The molecule has 2 rings (SSSR count). The van der Waals surface area contributed by atoms with Gasteiger partial charge in [0.2, 0.25) is 0 Å². The molecule has 0 bridgehead atoms. The lowest BCUT2D eigenvalue weighted by Crippen LogP contribution is -1.95. The van der Waals surface area contributed by atoms with Crippen LogP contribution in [0.4, 0.5) is 0 Å². The molecule has 0 aliphatic carbocycles. The molecule has 102 valence electrons. The maximum atomic E-state index is 12.5. The van der Waals surface area contributed by atoms with Gasteiger partial charge in [0.05, 0.1) is 9.73 Å². The van der Waals surface area contributed by atoms with Gasteiger partial charge in [-0.05, 0) is 49.1 Å². The molecule has 0 fully saturated rings. The maximum absolute atomic E-state index is 12.5. The van der Waals surface area contributed by atoms with Crippen LogP contribution in [0.1, 0.15) is 16.7 Å². The van der Waals surface area contributed by atoms with Gasteiger partial charge in [-0.25, -0.2) is 4.21 Å². The summed E-state index contributed by atoms with van der Waals surface area (Å²) in [6.07, 6.45) is 1.61. The normalized spacial score (nSPS) is 12.9. The van der Waals surface area contributed by atoms with Crippen LogP contribution in [0.25, 0.3) is 0 Å². The molecule has 0 aromatic heterocycles. The third-order valence-electron chi connectivity index (χ3n) is 2.98. The zero-order valence-electron chi connectivity index (χ0n) is 11.9. The van der Waals surface area contributed by atoms with Gasteiger partial charge in [-0.2, -0.15) is 0 Å². The second-order valence-corrected chi connectivity index (χ2v) is 7.02. The third-order valence-corrected chi connectivity index (χ3v) is 4.57. The first kappa shape index (κ1) is 14.4. The summed E-state index contributed by atoms with van der Waals surface area (Å²) in [6, 6.07) is 18.0. The smallest absolute Gasteiger partial charge is 0.0854 e. The number of nitrogens with zero attached hydrogens (tertiary/aromatic N) is 1. The average Bonchev–Trinajstić information content (AvgIpc) is 2.43. The Balaban J connectivity index is 2.37. The molecule has 0 saturated carbocycles. The predicted molar refractivity (Wildman–Crippen MR) is 84.0 cm³/mol. The van der Waals surface area contributed by atoms with E-state index >= 15 is 0 Å². The summed E-state index contributed by atoms with van der Waals surface area (Å²) in [7, 11) is -2.45. The molecule has 1 atom stereocenters. The van der Waals surface area contributed by atoms with Gasteiger partial charge in [0, 0.05) is 22.8 Å². The number of benzene rings is 2. The Labute approximate surface area is 121 Å². The monoisotopic (exact) mass is 283 g/mol. The summed E-state index contributed by atoms with van der Waals surface area (Å²) in [4.78, 5) is 0.704.